The summed E-state index contributed by atoms with van der Waals surface area (Å²) in [5.41, 5.74) is 4.99. The van der Waals surface area contributed by atoms with E-state index in [2.05, 4.69) is 29.2 Å². The van der Waals surface area contributed by atoms with Crippen molar-refractivity contribution in [2.75, 3.05) is 26.2 Å². The van der Waals surface area contributed by atoms with Gasteiger partial charge in [0, 0.05) is 37.8 Å². The number of piperazine rings is 1. The lowest BCUT2D eigenvalue weighted by atomic mass is 10.1. The molecule has 0 saturated carbocycles. The van der Waals surface area contributed by atoms with E-state index in [0.717, 1.165) is 31.7 Å². The van der Waals surface area contributed by atoms with E-state index in [1.807, 2.05) is 36.1 Å². The van der Waals surface area contributed by atoms with Crippen molar-refractivity contribution in [1.82, 2.24) is 9.80 Å². The van der Waals surface area contributed by atoms with Gasteiger partial charge in [0.15, 0.2) is 0 Å². The summed E-state index contributed by atoms with van der Waals surface area (Å²) < 4.78 is 0. The average molecular weight is 320 g/mol. The molecule has 0 radical (unpaired) electrons. The maximum Gasteiger partial charge on any atom is 0.253 e. The summed E-state index contributed by atoms with van der Waals surface area (Å²) in [6.07, 6.45) is 2.40. The van der Waals surface area contributed by atoms with Gasteiger partial charge in [-0.3, -0.25) is 9.69 Å². The Bertz CT molecular complexity index is 730. The molecule has 0 aromatic heterocycles. The van der Waals surface area contributed by atoms with Crippen LogP contribution in [0.25, 0.3) is 0 Å². The van der Waals surface area contributed by atoms with E-state index in [0.29, 0.717) is 6.04 Å². The number of amides is 1. The van der Waals surface area contributed by atoms with Crippen molar-refractivity contribution in [3.05, 3.63) is 70.8 Å². The molecule has 1 aliphatic heterocycles. The monoisotopic (exact) mass is 320 g/mol. The molecule has 0 bridgehead atoms. The first-order chi connectivity index (χ1) is 11.7. The molecule has 1 atom stereocenters. The molecule has 1 unspecified atom stereocenters. The van der Waals surface area contributed by atoms with Crippen LogP contribution in [0.15, 0.2) is 48.5 Å². The average Bonchev–Trinajstić information content (AvgIpc) is 3.06. The van der Waals surface area contributed by atoms with E-state index < -0.39 is 0 Å². The quantitative estimate of drug-likeness (QED) is 0.846. The normalized spacial score (nSPS) is 20.9. The molecule has 2 aliphatic rings. The van der Waals surface area contributed by atoms with Crippen LogP contribution in [0.3, 0.4) is 0 Å². The Kier molecular flexibility index (Phi) is 4.11. The molecule has 124 valence electrons. The predicted octanol–water partition coefficient (Wildman–Crippen LogP) is 3.44. The fraction of sp³-hybridized carbons (Fsp3) is 0.381. The lowest BCUT2D eigenvalue weighted by Gasteiger charge is -2.38. The SMILES string of the molecule is Cc1ccc(C(=O)N2CCN(C3CCc4ccccc43)CC2)cc1. The fourth-order valence-corrected chi connectivity index (χ4v) is 4.03. The van der Waals surface area contributed by atoms with Crippen molar-refractivity contribution in [3.63, 3.8) is 0 Å². The van der Waals surface area contributed by atoms with E-state index in [1.165, 1.54) is 29.5 Å². The second kappa shape index (κ2) is 6.40. The summed E-state index contributed by atoms with van der Waals surface area (Å²) >= 11 is 0. The Hall–Kier alpha value is -2.13. The molecule has 1 heterocycles. The predicted molar refractivity (Wildman–Crippen MR) is 96.2 cm³/mol. The number of carbonyl (C=O) groups is 1. The Morgan fingerprint density at radius 3 is 2.42 bits per heavy atom. The lowest BCUT2D eigenvalue weighted by Crippen LogP contribution is -2.49. The molecule has 1 amide bonds. The summed E-state index contributed by atoms with van der Waals surface area (Å²) in [4.78, 5) is 17.2. The molecule has 1 fully saturated rings. The number of benzene rings is 2. The van der Waals surface area contributed by atoms with E-state index in [1.54, 1.807) is 0 Å². The third-order valence-electron chi connectivity index (χ3n) is 5.44. The highest BCUT2D eigenvalue weighted by Crippen LogP contribution is 2.35. The zero-order valence-electron chi connectivity index (χ0n) is 14.2. The minimum Gasteiger partial charge on any atom is -0.336 e. The zero-order chi connectivity index (χ0) is 16.5. The molecule has 0 N–H and O–H groups in total. The summed E-state index contributed by atoms with van der Waals surface area (Å²) in [5.74, 6) is 0.168. The van der Waals surface area contributed by atoms with Gasteiger partial charge in [0.2, 0.25) is 0 Å². The van der Waals surface area contributed by atoms with Crippen molar-refractivity contribution in [2.45, 2.75) is 25.8 Å². The molecule has 24 heavy (non-hydrogen) atoms. The first-order valence-corrected chi connectivity index (χ1v) is 8.90. The molecule has 1 saturated heterocycles. The van der Waals surface area contributed by atoms with Crippen molar-refractivity contribution in [3.8, 4) is 0 Å². The summed E-state index contributed by atoms with van der Waals surface area (Å²) in [7, 11) is 0. The second-order valence-corrected chi connectivity index (χ2v) is 6.95. The molecule has 2 aromatic rings. The smallest absolute Gasteiger partial charge is 0.253 e. The number of rotatable bonds is 2. The van der Waals surface area contributed by atoms with Gasteiger partial charge in [0.25, 0.3) is 5.91 Å². The Morgan fingerprint density at radius 1 is 0.958 bits per heavy atom. The van der Waals surface area contributed by atoms with Crippen LogP contribution in [0.5, 0.6) is 0 Å². The number of hydrogen-bond donors (Lipinski definition) is 0. The van der Waals surface area contributed by atoms with E-state index in [-0.39, 0.29) is 5.91 Å². The van der Waals surface area contributed by atoms with Crippen LogP contribution in [0.4, 0.5) is 0 Å². The highest BCUT2D eigenvalue weighted by molar-refractivity contribution is 5.94. The molecule has 2 aromatic carbocycles. The number of carbonyl (C=O) groups excluding carboxylic acids is 1. The van der Waals surface area contributed by atoms with E-state index in [9.17, 15) is 4.79 Å². The third-order valence-corrected chi connectivity index (χ3v) is 5.44. The Labute approximate surface area is 143 Å². The van der Waals surface area contributed by atoms with Crippen molar-refractivity contribution < 1.29 is 4.79 Å². The first-order valence-electron chi connectivity index (χ1n) is 8.90. The van der Waals surface area contributed by atoms with Gasteiger partial charge in [-0.2, -0.15) is 0 Å². The van der Waals surface area contributed by atoms with Crippen LogP contribution >= 0.6 is 0 Å². The molecule has 0 spiro atoms. The van der Waals surface area contributed by atoms with Gasteiger partial charge in [0.1, 0.15) is 0 Å². The van der Waals surface area contributed by atoms with Crippen LogP contribution in [0.2, 0.25) is 0 Å². The molecule has 4 rings (SSSR count). The zero-order valence-corrected chi connectivity index (χ0v) is 14.2. The minimum absolute atomic E-state index is 0.168. The van der Waals surface area contributed by atoms with E-state index >= 15 is 0 Å². The van der Waals surface area contributed by atoms with Gasteiger partial charge in [-0.25, -0.2) is 0 Å². The van der Waals surface area contributed by atoms with Gasteiger partial charge in [-0.05, 0) is 43.0 Å². The van der Waals surface area contributed by atoms with Crippen LogP contribution in [-0.4, -0.2) is 41.9 Å². The van der Waals surface area contributed by atoms with Gasteiger partial charge >= 0.3 is 0 Å². The number of fused-ring (bicyclic) bond motifs is 1. The van der Waals surface area contributed by atoms with Crippen molar-refractivity contribution in [1.29, 1.82) is 0 Å². The second-order valence-electron chi connectivity index (χ2n) is 6.95. The van der Waals surface area contributed by atoms with Crippen LogP contribution in [0, 0.1) is 6.92 Å². The molecule has 3 heteroatoms. The standard InChI is InChI=1S/C21H24N2O/c1-16-6-8-18(9-7-16)21(24)23-14-12-22(13-15-23)20-11-10-17-4-2-3-5-19(17)20/h2-9,20H,10-15H2,1H3. The van der Waals surface area contributed by atoms with E-state index in [4.69, 9.17) is 0 Å². The maximum atomic E-state index is 12.6. The minimum atomic E-state index is 0.168. The summed E-state index contributed by atoms with van der Waals surface area (Å²) in [6, 6.07) is 17.3. The highest BCUT2D eigenvalue weighted by Gasteiger charge is 2.31. The Morgan fingerprint density at radius 2 is 1.67 bits per heavy atom. The van der Waals surface area contributed by atoms with Gasteiger partial charge in [0.05, 0.1) is 0 Å². The lowest BCUT2D eigenvalue weighted by molar-refractivity contribution is 0.0568. The van der Waals surface area contributed by atoms with Crippen molar-refractivity contribution >= 4 is 5.91 Å². The molecular formula is C21H24N2O. The number of hydrogen-bond acceptors (Lipinski definition) is 2. The molecular weight excluding hydrogens is 296 g/mol. The fourth-order valence-electron chi connectivity index (χ4n) is 4.03. The Balaban J connectivity index is 1.40. The third kappa shape index (κ3) is 2.84. The topological polar surface area (TPSA) is 23.6 Å². The van der Waals surface area contributed by atoms with Crippen molar-refractivity contribution in [2.24, 2.45) is 0 Å². The highest BCUT2D eigenvalue weighted by atomic mass is 16.2. The van der Waals surface area contributed by atoms with Gasteiger partial charge in [-0.15, -0.1) is 0 Å². The molecule has 1 aliphatic carbocycles. The molecule has 3 nitrogen and oxygen atoms in total. The number of aryl methyl sites for hydroxylation is 2. The van der Waals surface area contributed by atoms with Crippen LogP contribution < -0.4 is 0 Å². The van der Waals surface area contributed by atoms with Gasteiger partial charge in [-0.1, -0.05) is 42.0 Å². The summed E-state index contributed by atoms with van der Waals surface area (Å²) in [6.45, 7) is 5.64. The summed E-state index contributed by atoms with van der Waals surface area (Å²) in [5, 5.41) is 0. The largest absolute Gasteiger partial charge is 0.336 e. The van der Waals surface area contributed by atoms with Crippen LogP contribution in [-0.2, 0) is 6.42 Å². The number of nitrogens with zero attached hydrogens (tertiary/aromatic N) is 2. The van der Waals surface area contributed by atoms with Gasteiger partial charge < -0.3 is 4.90 Å². The van der Waals surface area contributed by atoms with Crippen LogP contribution in [0.1, 0.15) is 39.5 Å². The first kappa shape index (κ1) is 15.4. The maximum absolute atomic E-state index is 12.6.